The summed E-state index contributed by atoms with van der Waals surface area (Å²) < 4.78 is 2.54. The van der Waals surface area contributed by atoms with Crippen LogP contribution in [0.1, 0.15) is 66.3 Å². The first-order valence-electron chi connectivity index (χ1n) is 16.0. The van der Waals surface area contributed by atoms with E-state index in [1.807, 2.05) is 47.4 Å². The van der Waals surface area contributed by atoms with Crippen LogP contribution < -0.4 is 10.0 Å². The number of likely N-dealkylation sites (tertiary alicyclic amines) is 1. The number of benzene rings is 3. The standard InChI is InChI=1S/C36H36ClN7O2/c37-30-13-15-34(43-24-38-40-41-43)33(22-30)29-12-14-35(44(46)23-29)32(20-25-6-2-1-3-7-25)28-9-4-8-27(21-28)26-16-18-42(19-17-26)36(45)39-31-10-5-11-31/h1-4,6-9,12-15,21-24,26,31-32H,5,10-11,16-20H2,(H,39,45)/t32-/m0/s1. The van der Waals surface area contributed by atoms with E-state index < -0.39 is 0 Å². The van der Waals surface area contributed by atoms with Crippen LogP contribution in [0.4, 0.5) is 4.79 Å². The van der Waals surface area contributed by atoms with E-state index in [0.29, 0.717) is 34.7 Å². The van der Waals surface area contributed by atoms with Gasteiger partial charge in [0.1, 0.15) is 6.33 Å². The van der Waals surface area contributed by atoms with Crippen LogP contribution in [0, 0.1) is 5.21 Å². The second-order valence-electron chi connectivity index (χ2n) is 12.3. The zero-order valence-electron chi connectivity index (χ0n) is 25.5. The van der Waals surface area contributed by atoms with E-state index in [0.717, 1.165) is 65.9 Å². The zero-order chi connectivity index (χ0) is 31.5. The molecule has 1 aliphatic carbocycles. The Hall–Kier alpha value is -4.76. The molecule has 5 aromatic rings. The number of piperidine rings is 1. The number of amides is 2. The fourth-order valence-electron chi connectivity index (χ4n) is 6.64. The summed E-state index contributed by atoms with van der Waals surface area (Å²) in [6, 6.07) is 28.7. The number of carbonyl (C=O) groups is 1. The van der Waals surface area contributed by atoms with Gasteiger partial charge in [-0.2, -0.15) is 9.41 Å². The van der Waals surface area contributed by atoms with Crippen LogP contribution in [0.2, 0.25) is 5.02 Å². The second-order valence-corrected chi connectivity index (χ2v) is 12.8. The van der Waals surface area contributed by atoms with Crippen LogP contribution in [0.5, 0.6) is 0 Å². The molecule has 234 valence electrons. The Morgan fingerprint density at radius 2 is 1.80 bits per heavy atom. The summed E-state index contributed by atoms with van der Waals surface area (Å²) in [4.78, 5) is 14.7. The molecule has 2 aliphatic rings. The number of nitrogens with zero attached hydrogens (tertiary/aromatic N) is 6. The first-order valence-corrected chi connectivity index (χ1v) is 16.4. The maximum Gasteiger partial charge on any atom is 0.317 e. The van der Waals surface area contributed by atoms with Gasteiger partial charge in [0.2, 0.25) is 5.69 Å². The van der Waals surface area contributed by atoms with Crippen LogP contribution in [-0.2, 0) is 6.42 Å². The minimum atomic E-state index is -0.166. The van der Waals surface area contributed by atoms with E-state index in [2.05, 4.69) is 57.2 Å². The molecule has 3 heterocycles. The van der Waals surface area contributed by atoms with Crippen molar-refractivity contribution in [3.8, 4) is 16.8 Å². The van der Waals surface area contributed by atoms with Crippen molar-refractivity contribution in [2.24, 2.45) is 0 Å². The lowest BCUT2D eigenvalue weighted by molar-refractivity contribution is -0.614. The minimum Gasteiger partial charge on any atom is -0.618 e. The number of urea groups is 1. The van der Waals surface area contributed by atoms with Crippen molar-refractivity contribution < 1.29 is 9.52 Å². The number of carbonyl (C=O) groups excluding carboxylic acids is 1. The molecular weight excluding hydrogens is 598 g/mol. The van der Waals surface area contributed by atoms with Crippen molar-refractivity contribution in [3.63, 3.8) is 0 Å². The number of rotatable bonds is 8. The predicted octanol–water partition coefficient (Wildman–Crippen LogP) is 6.43. The summed E-state index contributed by atoms with van der Waals surface area (Å²) >= 11 is 6.38. The highest BCUT2D eigenvalue weighted by atomic mass is 35.5. The zero-order valence-corrected chi connectivity index (χ0v) is 26.3. The molecule has 9 nitrogen and oxygen atoms in total. The normalized spacial score (nSPS) is 16.2. The van der Waals surface area contributed by atoms with Gasteiger partial charge < -0.3 is 15.4 Å². The molecule has 0 unspecified atom stereocenters. The molecular formula is C36H36ClN7O2. The third-order valence-corrected chi connectivity index (χ3v) is 9.68. The Bertz CT molecular complexity index is 1800. The summed E-state index contributed by atoms with van der Waals surface area (Å²) in [5, 5.41) is 29.2. The molecule has 0 bridgehead atoms. The monoisotopic (exact) mass is 633 g/mol. The molecule has 1 N–H and O–H groups in total. The van der Waals surface area contributed by atoms with Gasteiger partial charge in [-0.25, -0.2) is 4.79 Å². The molecule has 0 radical (unpaired) electrons. The van der Waals surface area contributed by atoms with Crippen molar-refractivity contribution in [1.82, 2.24) is 30.4 Å². The average molecular weight is 634 g/mol. The van der Waals surface area contributed by atoms with Gasteiger partial charge >= 0.3 is 6.03 Å². The number of aromatic nitrogens is 5. The van der Waals surface area contributed by atoms with E-state index in [1.165, 1.54) is 18.3 Å². The molecule has 10 heteroatoms. The van der Waals surface area contributed by atoms with Crippen molar-refractivity contribution in [2.75, 3.05) is 13.1 Å². The fourth-order valence-corrected chi connectivity index (χ4v) is 6.81. The van der Waals surface area contributed by atoms with Crippen LogP contribution in [0.3, 0.4) is 0 Å². The van der Waals surface area contributed by atoms with Gasteiger partial charge in [0.25, 0.3) is 0 Å². The van der Waals surface area contributed by atoms with Gasteiger partial charge in [-0.1, -0.05) is 66.2 Å². The van der Waals surface area contributed by atoms with Crippen LogP contribution in [-0.4, -0.2) is 50.3 Å². The Labute approximate surface area is 273 Å². The van der Waals surface area contributed by atoms with Crippen molar-refractivity contribution in [3.05, 3.63) is 130 Å². The van der Waals surface area contributed by atoms with Crippen LogP contribution in [0.25, 0.3) is 16.8 Å². The second kappa shape index (κ2) is 13.3. The van der Waals surface area contributed by atoms with Crippen molar-refractivity contribution in [1.29, 1.82) is 0 Å². The van der Waals surface area contributed by atoms with Gasteiger partial charge in [0.15, 0.2) is 6.20 Å². The lowest BCUT2D eigenvalue weighted by Gasteiger charge is -2.35. The number of pyridine rings is 1. The summed E-state index contributed by atoms with van der Waals surface area (Å²) in [6.07, 6.45) is 9.04. The van der Waals surface area contributed by atoms with Crippen LogP contribution >= 0.6 is 11.6 Å². The summed E-state index contributed by atoms with van der Waals surface area (Å²) in [5.41, 5.74) is 6.37. The largest absolute Gasteiger partial charge is 0.618 e. The van der Waals surface area contributed by atoms with E-state index in [4.69, 9.17) is 11.6 Å². The average Bonchev–Trinajstić information content (AvgIpc) is 3.61. The summed E-state index contributed by atoms with van der Waals surface area (Å²) in [7, 11) is 0. The molecule has 1 saturated carbocycles. The Balaban J connectivity index is 1.17. The summed E-state index contributed by atoms with van der Waals surface area (Å²) in [5.74, 6) is 0.194. The van der Waals surface area contributed by atoms with E-state index in [1.54, 1.807) is 16.9 Å². The SMILES string of the molecule is O=C(NC1CCC1)N1CCC(c2cccc([C@H](Cc3ccccc3)c3ccc(-c4cc(Cl)ccc4-n4cnnn4)c[n+]3[O-])c2)CC1. The third-order valence-electron chi connectivity index (χ3n) is 9.45. The molecule has 46 heavy (non-hydrogen) atoms. The number of hydrogen-bond donors (Lipinski definition) is 1. The number of nitrogens with one attached hydrogen (secondary N) is 1. The van der Waals surface area contributed by atoms with E-state index in [-0.39, 0.29) is 11.9 Å². The lowest BCUT2D eigenvalue weighted by atomic mass is 9.84. The Morgan fingerprint density at radius 1 is 0.978 bits per heavy atom. The smallest absolute Gasteiger partial charge is 0.317 e. The molecule has 7 rings (SSSR count). The van der Waals surface area contributed by atoms with Gasteiger partial charge in [0, 0.05) is 41.3 Å². The number of tetrazole rings is 1. The Kier molecular flexibility index (Phi) is 8.66. The highest BCUT2D eigenvalue weighted by molar-refractivity contribution is 6.31. The first-order chi connectivity index (χ1) is 22.5. The minimum absolute atomic E-state index is 0.0751. The van der Waals surface area contributed by atoms with Crippen molar-refractivity contribution >= 4 is 17.6 Å². The number of hydrogen-bond acceptors (Lipinski definition) is 5. The highest BCUT2D eigenvalue weighted by Crippen LogP contribution is 2.34. The maximum absolute atomic E-state index is 13.9. The number of halogens is 1. The maximum atomic E-state index is 13.9. The van der Waals surface area contributed by atoms with Crippen LogP contribution in [0.15, 0.2) is 97.5 Å². The summed E-state index contributed by atoms with van der Waals surface area (Å²) in [6.45, 7) is 1.50. The molecule has 2 fully saturated rings. The molecule has 2 amide bonds. The Morgan fingerprint density at radius 3 is 2.52 bits per heavy atom. The quantitative estimate of drug-likeness (QED) is 0.157. The molecule has 0 spiro atoms. The molecule has 1 atom stereocenters. The van der Waals surface area contributed by atoms with Gasteiger partial charge in [-0.15, -0.1) is 5.10 Å². The lowest BCUT2D eigenvalue weighted by Crippen LogP contribution is -2.49. The first kappa shape index (κ1) is 29.9. The predicted molar refractivity (Wildman–Crippen MR) is 177 cm³/mol. The molecule has 1 aliphatic heterocycles. The fraction of sp³-hybridized carbons (Fsp3) is 0.306. The molecule has 2 aromatic heterocycles. The van der Waals surface area contributed by atoms with Gasteiger partial charge in [-0.05, 0) is 95.8 Å². The van der Waals surface area contributed by atoms with E-state index in [9.17, 15) is 10.0 Å². The van der Waals surface area contributed by atoms with Gasteiger partial charge in [0.05, 0.1) is 11.6 Å². The highest BCUT2D eigenvalue weighted by Gasteiger charge is 2.29. The topological polar surface area (TPSA) is 103 Å². The van der Waals surface area contributed by atoms with Gasteiger partial charge in [-0.3, -0.25) is 0 Å². The third kappa shape index (κ3) is 6.46. The van der Waals surface area contributed by atoms with E-state index >= 15 is 0 Å². The van der Waals surface area contributed by atoms with Crippen molar-refractivity contribution in [2.45, 2.75) is 56.4 Å². The molecule has 1 saturated heterocycles. The molecule has 3 aromatic carbocycles.